The summed E-state index contributed by atoms with van der Waals surface area (Å²) in [4.78, 5) is 6.96. The molecule has 142 valence electrons. The lowest BCUT2D eigenvalue weighted by Crippen LogP contribution is -2.41. The summed E-state index contributed by atoms with van der Waals surface area (Å²) in [5.74, 6) is 2.55. The fraction of sp³-hybridized carbons (Fsp3) is 0.632. The van der Waals surface area contributed by atoms with Gasteiger partial charge in [-0.15, -0.1) is 24.0 Å². The Morgan fingerprint density at radius 1 is 1.32 bits per heavy atom. The highest BCUT2D eigenvalue weighted by molar-refractivity contribution is 14.0. The molecule has 1 atom stereocenters. The van der Waals surface area contributed by atoms with Crippen molar-refractivity contribution in [2.45, 2.75) is 26.2 Å². The molecule has 0 aliphatic carbocycles. The Morgan fingerprint density at radius 3 is 2.80 bits per heavy atom. The molecule has 1 unspecified atom stereocenters. The van der Waals surface area contributed by atoms with Crippen molar-refractivity contribution in [2.24, 2.45) is 10.9 Å². The first-order valence-electron chi connectivity index (χ1n) is 9.04. The third-order valence-corrected chi connectivity index (χ3v) is 4.08. The highest BCUT2D eigenvalue weighted by atomic mass is 127. The Balaban J connectivity index is 0.00000312. The summed E-state index contributed by atoms with van der Waals surface area (Å²) in [5, 5.41) is 3.38. The molecule has 1 fully saturated rings. The number of nitrogens with zero attached hydrogens (tertiary/aromatic N) is 2. The molecular formula is C19H32IN3O2. The molecule has 5 nitrogen and oxygen atoms in total. The molecule has 1 aromatic rings. The van der Waals surface area contributed by atoms with E-state index in [0.717, 1.165) is 70.4 Å². The van der Waals surface area contributed by atoms with E-state index in [0.29, 0.717) is 5.92 Å². The molecule has 1 aromatic carbocycles. The predicted octanol–water partition coefficient (Wildman–Crippen LogP) is 3.40. The summed E-state index contributed by atoms with van der Waals surface area (Å²) in [6.45, 7) is 7.34. The number of unbranched alkanes of at least 4 members (excludes halogenated alkanes) is 1. The number of benzene rings is 1. The van der Waals surface area contributed by atoms with E-state index in [2.05, 4.69) is 24.2 Å². The number of para-hydroxylation sites is 1. The first kappa shape index (κ1) is 22.0. The number of hydrogen-bond acceptors (Lipinski definition) is 3. The van der Waals surface area contributed by atoms with Crippen LogP contribution < -0.4 is 10.1 Å². The van der Waals surface area contributed by atoms with E-state index in [9.17, 15) is 0 Å². The third kappa shape index (κ3) is 8.76. The van der Waals surface area contributed by atoms with E-state index >= 15 is 0 Å². The Bertz CT molecular complexity index is 479. The average Bonchev–Trinajstić information content (AvgIpc) is 3.10. The highest BCUT2D eigenvalue weighted by Crippen LogP contribution is 2.13. The van der Waals surface area contributed by atoms with Crippen LogP contribution in [0.3, 0.4) is 0 Å². The first-order valence-corrected chi connectivity index (χ1v) is 9.04. The second-order valence-corrected chi connectivity index (χ2v) is 6.21. The topological polar surface area (TPSA) is 46.1 Å². The molecule has 1 aliphatic rings. The summed E-state index contributed by atoms with van der Waals surface area (Å²) in [6.07, 6.45) is 3.20. The zero-order valence-corrected chi connectivity index (χ0v) is 17.8. The van der Waals surface area contributed by atoms with E-state index in [4.69, 9.17) is 14.5 Å². The SMILES string of the molecule is CCNC(=NCCCCOc1ccccc1)N(C)CC1CCOC1.I. The maximum absolute atomic E-state index is 5.71. The third-order valence-electron chi connectivity index (χ3n) is 4.08. The van der Waals surface area contributed by atoms with E-state index in [1.807, 2.05) is 30.3 Å². The van der Waals surface area contributed by atoms with Crippen molar-refractivity contribution in [3.8, 4) is 5.75 Å². The molecule has 0 saturated carbocycles. The summed E-state index contributed by atoms with van der Waals surface area (Å²) in [5.41, 5.74) is 0. The van der Waals surface area contributed by atoms with Crippen LogP contribution in [0.4, 0.5) is 0 Å². The van der Waals surface area contributed by atoms with Gasteiger partial charge >= 0.3 is 0 Å². The van der Waals surface area contributed by atoms with Crippen molar-refractivity contribution >= 4 is 29.9 Å². The molecule has 25 heavy (non-hydrogen) atoms. The molecule has 0 spiro atoms. The van der Waals surface area contributed by atoms with Gasteiger partial charge in [-0.3, -0.25) is 4.99 Å². The Morgan fingerprint density at radius 2 is 2.12 bits per heavy atom. The number of rotatable bonds is 9. The molecule has 2 rings (SSSR count). The standard InChI is InChI=1S/C19H31N3O2.HI/c1-3-20-19(22(2)15-17-11-14-23-16-17)21-12-7-8-13-24-18-9-5-4-6-10-18;/h4-6,9-10,17H,3,7-8,11-16H2,1-2H3,(H,20,21);1H. The normalized spacial score (nSPS) is 17.0. The van der Waals surface area contributed by atoms with Crippen LogP contribution >= 0.6 is 24.0 Å². The fourth-order valence-corrected chi connectivity index (χ4v) is 2.78. The van der Waals surface area contributed by atoms with Gasteiger partial charge in [-0.25, -0.2) is 0 Å². The molecule has 0 radical (unpaired) electrons. The smallest absolute Gasteiger partial charge is 0.193 e. The minimum atomic E-state index is 0. The van der Waals surface area contributed by atoms with Gasteiger partial charge < -0.3 is 19.7 Å². The number of ether oxygens (including phenoxy) is 2. The lowest BCUT2D eigenvalue weighted by Gasteiger charge is -2.24. The van der Waals surface area contributed by atoms with Crippen LogP contribution in [0.25, 0.3) is 0 Å². The zero-order valence-electron chi connectivity index (χ0n) is 15.4. The minimum absolute atomic E-state index is 0. The van der Waals surface area contributed by atoms with Crippen molar-refractivity contribution in [2.75, 3.05) is 46.5 Å². The monoisotopic (exact) mass is 461 g/mol. The second kappa shape index (κ2) is 13.2. The van der Waals surface area contributed by atoms with Gasteiger partial charge in [0.2, 0.25) is 0 Å². The van der Waals surface area contributed by atoms with Crippen LogP contribution in [0.2, 0.25) is 0 Å². The number of halogens is 1. The Labute approximate surface area is 169 Å². The summed E-state index contributed by atoms with van der Waals surface area (Å²) in [6, 6.07) is 9.96. The summed E-state index contributed by atoms with van der Waals surface area (Å²) < 4.78 is 11.2. The number of nitrogens with one attached hydrogen (secondary N) is 1. The predicted molar refractivity (Wildman–Crippen MR) is 114 cm³/mol. The van der Waals surface area contributed by atoms with Gasteiger partial charge in [-0.05, 0) is 38.3 Å². The first-order chi connectivity index (χ1) is 11.8. The van der Waals surface area contributed by atoms with Gasteiger partial charge in [0.25, 0.3) is 0 Å². The number of guanidine groups is 1. The quantitative estimate of drug-likeness (QED) is 0.265. The highest BCUT2D eigenvalue weighted by Gasteiger charge is 2.18. The van der Waals surface area contributed by atoms with Crippen molar-refractivity contribution in [3.05, 3.63) is 30.3 Å². The molecule has 1 saturated heterocycles. The molecular weight excluding hydrogens is 429 g/mol. The second-order valence-electron chi connectivity index (χ2n) is 6.21. The van der Waals surface area contributed by atoms with Gasteiger partial charge in [-0.1, -0.05) is 18.2 Å². The van der Waals surface area contributed by atoms with Crippen LogP contribution in [0.5, 0.6) is 5.75 Å². The lowest BCUT2D eigenvalue weighted by atomic mass is 10.1. The summed E-state index contributed by atoms with van der Waals surface area (Å²) >= 11 is 0. The molecule has 6 heteroatoms. The number of aliphatic imine (C=N–C) groups is 1. The van der Waals surface area contributed by atoms with Crippen LogP contribution in [0.15, 0.2) is 35.3 Å². The van der Waals surface area contributed by atoms with E-state index in [1.54, 1.807) is 0 Å². The summed E-state index contributed by atoms with van der Waals surface area (Å²) in [7, 11) is 2.11. The molecule has 1 N–H and O–H groups in total. The van der Waals surface area contributed by atoms with Gasteiger partial charge in [0.15, 0.2) is 5.96 Å². The maximum Gasteiger partial charge on any atom is 0.193 e. The number of hydrogen-bond donors (Lipinski definition) is 1. The van der Waals surface area contributed by atoms with E-state index < -0.39 is 0 Å². The molecule has 0 aromatic heterocycles. The van der Waals surface area contributed by atoms with Crippen LogP contribution in [-0.4, -0.2) is 57.4 Å². The van der Waals surface area contributed by atoms with Gasteiger partial charge in [-0.2, -0.15) is 0 Å². The molecule has 0 amide bonds. The maximum atomic E-state index is 5.71. The van der Waals surface area contributed by atoms with Crippen molar-refractivity contribution < 1.29 is 9.47 Å². The van der Waals surface area contributed by atoms with Crippen LogP contribution in [0, 0.1) is 5.92 Å². The average molecular weight is 461 g/mol. The van der Waals surface area contributed by atoms with E-state index in [-0.39, 0.29) is 24.0 Å². The van der Waals surface area contributed by atoms with Crippen LogP contribution in [-0.2, 0) is 4.74 Å². The van der Waals surface area contributed by atoms with Crippen molar-refractivity contribution in [1.29, 1.82) is 0 Å². The van der Waals surface area contributed by atoms with E-state index in [1.165, 1.54) is 0 Å². The fourth-order valence-electron chi connectivity index (χ4n) is 2.78. The molecule has 1 heterocycles. The zero-order chi connectivity index (χ0) is 17.0. The Hall–Kier alpha value is -1.02. The van der Waals surface area contributed by atoms with Gasteiger partial charge in [0.1, 0.15) is 5.75 Å². The minimum Gasteiger partial charge on any atom is -0.494 e. The van der Waals surface area contributed by atoms with Crippen molar-refractivity contribution in [1.82, 2.24) is 10.2 Å². The van der Waals surface area contributed by atoms with Crippen molar-refractivity contribution in [3.63, 3.8) is 0 Å². The molecule has 0 bridgehead atoms. The largest absolute Gasteiger partial charge is 0.494 e. The Kier molecular flexibility index (Phi) is 11.6. The van der Waals surface area contributed by atoms with Gasteiger partial charge in [0.05, 0.1) is 13.2 Å². The lowest BCUT2D eigenvalue weighted by molar-refractivity contribution is 0.181. The van der Waals surface area contributed by atoms with Gasteiger partial charge in [0, 0.05) is 39.2 Å². The van der Waals surface area contributed by atoms with Crippen LogP contribution in [0.1, 0.15) is 26.2 Å². The molecule has 1 aliphatic heterocycles.